The van der Waals surface area contributed by atoms with Crippen molar-refractivity contribution in [3.8, 4) is 23.0 Å². The van der Waals surface area contributed by atoms with Crippen molar-refractivity contribution in [2.24, 2.45) is 5.92 Å². The molecular formula is C66H77N3O11. The van der Waals surface area contributed by atoms with Gasteiger partial charge in [0, 0.05) is 54.8 Å². The Morgan fingerprint density at radius 3 is 1.51 bits per heavy atom. The first-order valence-electron chi connectivity index (χ1n) is 28.8. The van der Waals surface area contributed by atoms with Crippen molar-refractivity contribution in [1.82, 2.24) is 14.7 Å². The number of likely N-dealkylation sites (tertiary alicyclic amines) is 3. The van der Waals surface area contributed by atoms with Gasteiger partial charge in [0.1, 0.15) is 40.0 Å². The number of ether oxygens (including phenoxy) is 8. The molecule has 0 amide bonds. The van der Waals surface area contributed by atoms with Gasteiger partial charge < -0.3 is 47.9 Å². The summed E-state index contributed by atoms with van der Waals surface area (Å²) in [7, 11) is 6.51. The number of aryl methyl sites for hydroxylation is 2. The molecule has 0 radical (unpaired) electrons. The normalized spacial score (nSPS) is 35.1. The molecule has 12 unspecified atom stereocenters. The van der Waals surface area contributed by atoms with Gasteiger partial charge in [0.05, 0.1) is 40.2 Å². The van der Waals surface area contributed by atoms with E-state index in [0.717, 1.165) is 110 Å². The topological polar surface area (TPSA) is 138 Å². The summed E-state index contributed by atoms with van der Waals surface area (Å²) in [6, 6.07) is 13.3. The second-order valence-corrected chi connectivity index (χ2v) is 25.3. The zero-order chi connectivity index (χ0) is 56.3. The second kappa shape index (κ2) is 18.3. The van der Waals surface area contributed by atoms with Crippen LogP contribution < -0.4 is 14.2 Å². The van der Waals surface area contributed by atoms with Crippen molar-refractivity contribution in [3.05, 3.63) is 153 Å². The van der Waals surface area contributed by atoms with Gasteiger partial charge >= 0.3 is 11.9 Å². The SMILES string of the molecule is C=C(C)OC1=CCC2(OC(C)=O)C3Cc4ccc(C)c5c4C2(CCN3C)C1O5.C=C(C)OC1=CCC2(OC(C)=O)C3Cc4ccc(O)c5c4C2(CCN3C)C1O5.C=C(C)OC1=CCC2C3Cc4ccc(C)c5c4C2(CCN3C)C1O5. The second-order valence-electron chi connectivity index (χ2n) is 25.3. The fraction of sp³-hybridized carbons (Fsp3) is 0.515. The van der Waals surface area contributed by atoms with E-state index in [1.165, 1.54) is 41.7 Å². The number of phenols is 1. The minimum Gasteiger partial charge on any atom is -0.504 e. The van der Waals surface area contributed by atoms with Crippen LogP contribution in [0.3, 0.4) is 0 Å². The predicted octanol–water partition coefficient (Wildman–Crippen LogP) is 9.89. The number of likely N-dealkylation sites (N-methyl/N-ethyl adjacent to an activating group) is 3. The van der Waals surface area contributed by atoms with E-state index >= 15 is 0 Å². The Balaban J connectivity index is 0.000000114. The number of hydrogen-bond acceptors (Lipinski definition) is 14. The molecule has 14 nitrogen and oxygen atoms in total. The Morgan fingerprint density at radius 1 is 0.562 bits per heavy atom. The van der Waals surface area contributed by atoms with Gasteiger partial charge in [0.25, 0.3) is 0 Å². The summed E-state index contributed by atoms with van der Waals surface area (Å²) in [6.07, 6.45) is 13.3. The van der Waals surface area contributed by atoms with Gasteiger partial charge in [0.2, 0.25) is 0 Å². The van der Waals surface area contributed by atoms with E-state index in [1.807, 2.05) is 26.0 Å². The van der Waals surface area contributed by atoms with E-state index in [4.69, 9.17) is 37.9 Å². The lowest BCUT2D eigenvalue weighted by Gasteiger charge is -2.62. The molecule has 3 spiro atoms. The molecule has 3 aromatic carbocycles. The Labute approximate surface area is 470 Å². The first kappa shape index (κ1) is 52.9. The zero-order valence-corrected chi connectivity index (χ0v) is 48.2. The molecule has 14 heteroatoms. The van der Waals surface area contributed by atoms with Crippen molar-refractivity contribution in [1.29, 1.82) is 0 Å². The van der Waals surface area contributed by atoms with E-state index < -0.39 is 28.1 Å². The molecule has 6 aliphatic heterocycles. The van der Waals surface area contributed by atoms with Crippen molar-refractivity contribution >= 4 is 11.9 Å². The van der Waals surface area contributed by atoms with E-state index in [0.29, 0.717) is 47.8 Å². The molecule has 422 valence electrons. The highest BCUT2D eigenvalue weighted by Crippen LogP contribution is 2.69. The van der Waals surface area contributed by atoms with Gasteiger partial charge in [-0.3, -0.25) is 19.4 Å². The molecule has 1 N–H and O–H groups in total. The number of hydrogen-bond donors (Lipinski definition) is 1. The fourth-order valence-corrected chi connectivity index (χ4v) is 18.0. The molecule has 3 fully saturated rings. The predicted molar refractivity (Wildman–Crippen MR) is 301 cm³/mol. The van der Waals surface area contributed by atoms with Crippen LogP contribution in [0.25, 0.3) is 0 Å². The minimum absolute atomic E-state index is 0.0132. The summed E-state index contributed by atoms with van der Waals surface area (Å²) in [4.78, 5) is 31.8. The summed E-state index contributed by atoms with van der Waals surface area (Å²) in [5.74, 6) is 7.19. The summed E-state index contributed by atoms with van der Waals surface area (Å²) < 4.78 is 50.1. The van der Waals surface area contributed by atoms with E-state index in [1.54, 1.807) is 13.0 Å². The fourth-order valence-electron chi connectivity index (χ4n) is 18.0. The van der Waals surface area contributed by atoms with Crippen molar-refractivity contribution in [2.45, 2.75) is 170 Å². The Kier molecular flexibility index (Phi) is 12.1. The van der Waals surface area contributed by atoms with Crippen LogP contribution in [-0.2, 0) is 68.8 Å². The first-order chi connectivity index (χ1) is 38.1. The lowest BCUT2D eigenvalue weighted by atomic mass is 9.50. The highest BCUT2D eigenvalue weighted by atomic mass is 16.6. The maximum Gasteiger partial charge on any atom is 0.303 e. The van der Waals surface area contributed by atoms with Crippen LogP contribution in [0, 0.1) is 19.8 Å². The third kappa shape index (κ3) is 6.99. The summed E-state index contributed by atoms with van der Waals surface area (Å²) in [5.41, 5.74) is 7.69. The number of esters is 2. The summed E-state index contributed by atoms with van der Waals surface area (Å²) in [6.45, 7) is 27.5. The van der Waals surface area contributed by atoms with Crippen LogP contribution in [0.1, 0.15) is 118 Å². The first-order valence-corrected chi connectivity index (χ1v) is 28.8. The molecule has 6 bridgehead atoms. The molecule has 6 heterocycles. The molecule has 80 heavy (non-hydrogen) atoms. The Hall–Kier alpha value is -6.48. The largest absolute Gasteiger partial charge is 0.504 e. The number of nitrogens with zero attached hydrogens (tertiary/aromatic N) is 3. The summed E-state index contributed by atoms with van der Waals surface area (Å²) >= 11 is 0. The van der Waals surface area contributed by atoms with E-state index in [-0.39, 0.29) is 47.4 Å². The van der Waals surface area contributed by atoms with Crippen LogP contribution >= 0.6 is 0 Å². The molecule has 12 aliphatic rings. The van der Waals surface area contributed by atoms with Crippen molar-refractivity contribution in [3.63, 3.8) is 0 Å². The highest BCUT2D eigenvalue weighted by molar-refractivity contribution is 5.71. The number of phenolic OH excluding ortho intramolecular Hbond substituents is 1. The maximum absolute atomic E-state index is 12.3. The molecule has 3 saturated heterocycles. The van der Waals surface area contributed by atoms with Crippen LogP contribution in [0.5, 0.6) is 23.0 Å². The number of rotatable bonds is 8. The number of benzene rings is 3. The molecule has 3 aromatic rings. The van der Waals surface area contributed by atoms with Crippen LogP contribution in [0.2, 0.25) is 0 Å². The van der Waals surface area contributed by atoms with Gasteiger partial charge in [-0.1, -0.05) is 50.1 Å². The quantitative estimate of drug-likeness (QED) is 0.169. The van der Waals surface area contributed by atoms with Crippen LogP contribution in [0.15, 0.2) is 109 Å². The average molecular weight is 1090 g/mol. The molecule has 0 saturated carbocycles. The van der Waals surface area contributed by atoms with E-state index in [9.17, 15) is 14.7 Å². The number of piperidine rings is 3. The third-order valence-electron chi connectivity index (χ3n) is 20.8. The maximum atomic E-state index is 12.3. The van der Waals surface area contributed by atoms with Crippen molar-refractivity contribution in [2.75, 3.05) is 40.8 Å². The van der Waals surface area contributed by atoms with Gasteiger partial charge in [0.15, 0.2) is 29.8 Å². The van der Waals surface area contributed by atoms with Gasteiger partial charge in [-0.05, 0) is 178 Å². The minimum atomic E-state index is -0.759. The monoisotopic (exact) mass is 1090 g/mol. The van der Waals surface area contributed by atoms with Gasteiger partial charge in [-0.25, -0.2) is 0 Å². The lowest BCUT2D eigenvalue weighted by Crippen LogP contribution is -2.75. The Bertz CT molecular complexity index is 3190. The number of carbonyl (C=O) groups is 2. The van der Waals surface area contributed by atoms with Gasteiger partial charge in [-0.15, -0.1) is 0 Å². The van der Waals surface area contributed by atoms with E-state index in [2.05, 4.69) is 106 Å². The molecule has 0 aromatic heterocycles. The average Bonchev–Trinajstić information content (AvgIpc) is 3.00. The smallest absolute Gasteiger partial charge is 0.303 e. The highest BCUT2D eigenvalue weighted by Gasteiger charge is 2.76. The van der Waals surface area contributed by atoms with Crippen molar-refractivity contribution < 1.29 is 52.6 Å². The number of allylic oxidation sites excluding steroid dienone is 4. The zero-order valence-electron chi connectivity index (χ0n) is 48.2. The molecule has 6 aliphatic carbocycles. The lowest BCUT2D eigenvalue weighted by molar-refractivity contribution is -0.203. The van der Waals surface area contributed by atoms with Crippen LogP contribution in [0.4, 0.5) is 0 Å². The molecule has 15 rings (SSSR count). The third-order valence-corrected chi connectivity index (χ3v) is 20.8. The number of aromatic hydroxyl groups is 1. The standard InChI is InChI=1S/C23H27NO4.C22H25NO5.C21H25NO2/c1-13(2)26-17-8-9-23(28-15(4)25)18-12-16-7-6-14(3)20-19(16)22(23,21(17)27-20)10-11-24(18)5;1-12(2)26-16-7-8-22(28-13(3)24)17-11-14-5-6-15(25)19-18(14)21(22,20(16)27-19)9-10-23(17)4;1-12(2)23-17-8-7-15-16-11-14-6-5-13(3)19-18(14)21(15,20(17)24-19)9-10-22(16)4/h6-8,18,21H,1,9-12H2,2-5H3;5-7,17,20,25H,1,8-11H2,2-4H3;5-6,8,15-16,20H,1,7,9-11H2,2-4H3. The molecule has 12 atom stereocenters. The number of carbonyl (C=O) groups excluding carboxylic acids is 2. The summed E-state index contributed by atoms with van der Waals surface area (Å²) in [5, 5.41) is 10.6. The van der Waals surface area contributed by atoms with Crippen LogP contribution in [-0.4, -0.2) is 120 Å². The van der Waals surface area contributed by atoms with Gasteiger partial charge in [-0.2, -0.15) is 0 Å². The Morgan fingerprint density at radius 2 is 1.00 bits per heavy atom. The molecular weight excluding hydrogens is 1010 g/mol.